The fourth-order valence-electron chi connectivity index (χ4n) is 7.17. The third kappa shape index (κ3) is 7.35. The molecule has 3 aliphatic rings. The molecule has 0 radical (unpaired) electrons. The second-order valence-corrected chi connectivity index (χ2v) is 15.4. The predicted octanol–water partition coefficient (Wildman–Crippen LogP) is 1.27. The Hall–Kier alpha value is -5.47. The third-order valence-corrected chi connectivity index (χ3v) is 11.8. The van der Waals surface area contributed by atoms with Crippen LogP contribution in [0.4, 0.5) is 5.13 Å². The number of nitrogens with zero attached hydrogens (tertiary/aromatic N) is 5. The number of carboxylic acid groups (broad SMARTS) is 3. The van der Waals surface area contributed by atoms with Gasteiger partial charge in [0.1, 0.15) is 41.6 Å². The van der Waals surface area contributed by atoms with Gasteiger partial charge in [0.05, 0.1) is 30.6 Å². The van der Waals surface area contributed by atoms with Gasteiger partial charge in [-0.15, -0.1) is 23.1 Å². The van der Waals surface area contributed by atoms with Crippen molar-refractivity contribution in [2.45, 2.75) is 63.7 Å². The maximum Gasteiger partial charge on any atom is 0.352 e. The molecule has 0 aliphatic carbocycles. The summed E-state index contributed by atoms with van der Waals surface area (Å²) in [7, 11) is 0. The summed E-state index contributed by atoms with van der Waals surface area (Å²) >= 11 is 2.20. The molecule has 6 rings (SSSR count). The van der Waals surface area contributed by atoms with Gasteiger partial charge in [-0.05, 0) is 25.5 Å². The number of thioether (sulfide) groups is 1. The van der Waals surface area contributed by atoms with Crippen LogP contribution in [0.15, 0.2) is 44.9 Å². The molecule has 54 heavy (non-hydrogen) atoms. The zero-order valence-corrected chi connectivity index (χ0v) is 30.8. The van der Waals surface area contributed by atoms with E-state index in [4.69, 9.17) is 15.7 Å². The number of nitrogens with one attached hydrogen (secondary N) is 1. The van der Waals surface area contributed by atoms with Crippen LogP contribution < -0.4 is 16.5 Å². The number of rotatable bonds is 14. The second-order valence-electron chi connectivity index (χ2n) is 13.4. The first-order valence-electron chi connectivity index (χ1n) is 16.9. The van der Waals surface area contributed by atoms with Crippen LogP contribution in [0.1, 0.15) is 43.0 Å². The van der Waals surface area contributed by atoms with Crippen LogP contribution in [-0.2, 0) is 41.9 Å². The summed E-state index contributed by atoms with van der Waals surface area (Å²) in [5, 5.41) is 46.3. The Morgan fingerprint density at radius 2 is 1.87 bits per heavy atom. The number of likely N-dealkylation sites (tertiary alicyclic amines) is 1. The van der Waals surface area contributed by atoms with Gasteiger partial charge in [0.25, 0.3) is 11.8 Å². The summed E-state index contributed by atoms with van der Waals surface area (Å²) in [5.74, 6) is -5.83. The van der Waals surface area contributed by atoms with Crippen molar-refractivity contribution in [3.8, 4) is 5.75 Å². The number of phenolic OH excluding ortho intramolecular Hbond substituents is 1. The number of aliphatic carboxylic acids is 3. The highest BCUT2D eigenvalue weighted by atomic mass is 32.2. The summed E-state index contributed by atoms with van der Waals surface area (Å²) in [6.45, 7) is 6.22. The third-order valence-electron chi connectivity index (χ3n) is 9.78. The number of amides is 2. The number of aromatic hydroxyl groups is 1. The number of thiazole rings is 1. The van der Waals surface area contributed by atoms with E-state index in [0.29, 0.717) is 58.3 Å². The Labute approximate surface area is 315 Å². The number of β-lactam (4-membered cyclic amide) rings is 1. The molecular weight excluding hydrogens is 747 g/mol. The van der Waals surface area contributed by atoms with E-state index in [1.165, 1.54) is 17.1 Å². The van der Waals surface area contributed by atoms with Crippen LogP contribution in [-0.4, -0.2) is 118 Å². The minimum absolute atomic E-state index is 0.0359. The molecule has 3 atom stereocenters. The highest BCUT2D eigenvalue weighted by Gasteiger charge is 2.55. The normalized spacial score (nSPS) is 20.0. The molecule has 2 amide bonds. The number of oxime groups is 1. The van der Waals surface area contributed by atoms with Gasteiger partial charge in [-0.25, -0.2) is 14.6 Å². The van der Waals surface area contributed by atoms with Crippen LogP contribution in [0.2, 0.25) is 0 Å². The number of phenols is 1. The molecule has 286 valence electrons. The quantitative estimate of drug-likeness (QED) is 0.0582. The monoisotopic (exact) mass is 784 g/mol. The maximum atomic E-state index is 13.8. The number of benzene rings is 1. The Morgan fingerprint density at radius 1 is 1.15 bits per heavy atom. The molecular formula is C34H38N7O11S2+. The second kappa shape index (κ2) is 15.1. The summed E-state index contributed by atoms with van der Waals surface area (Å²) in [6.07, 6.45) is 0.641. The van der Waals surface area contributed by atoms with Crippen LogP contribution in [0, 0.1) is 6.92 Å². The van der Waals surface area contributed by atoms with Gasteiger partial charge in [-0.2, -0.15) is 0 Å². The number of quaternary nitrogens is 1. The van der Waals surface area contributed by atoms with Crippen molar-refractivity contribution in [1.29, 1.82) is 0 Å². The number of carbonyl (C=O) groups is 5. The maximum absolute atomic E-state index is 13.8. The molecule has 7 N–H and O–H groups in total. The van der Waals surface area contributed by atoms with E-state index in [2.05, 4.69) is 15.5 Å². The number of carbonyl (C=O) groups excluding carboxylic acids is 2. The molecule has 3 aliphatic heterocycles. The van der Waals surface area contributed by atoms with Crippen molar-refractivity contribution in [2.75, 3.05) is 31.1 Å². The van der Waals surface area contributed by atoms with E-state index in [1.807, 2.05) is 11.5 Å². The van der Waals surface area contributed by atoms with E-state index < -0.39 is 59.4 Å². The number of aryl methyl sites for hydroxylation is 2. The number of nitrogen functional groups attached to an aromatic ring is 1. The molecule has 0 saturated carbocycles. The molecule has 2 aromatic heterocycles. The predicted molar refractivity (Wildman–Crippen MR) is 196 cm³/mol. The van der Waals surface area contributed by atoms with Crippen molar-refractivity contribution >= 4 is 74.6 Å². The van der Waals surface area contributed by atoms with Crippen LogP contribution in [0.3, 0.4) is 0 Å². The van der Waals surface area contributed by atoms with Crippen molar-refractivity contribution < 1.29 is 53.7 Å². The fourth-order valence-corrected chi connectivity index (χ4v) is 9.06. The molecule has 2 saturated heterocycles. The highest BCUT2D eigenvalue weighted by Crippen LogP contribution is 2.42. The van der Waals surface area contributed by atoms with Crippen molar-refractivity contribution in [3.05, 3.63) is 62.0 Å². The molecule has 0 unspecified atom stereocenters. The molecule has 0 bridgehead atoms. The van der Waals surface area contributed by atoms with Gasteiger partial charge in [0.15, 0.2) is 16.3 Å². The summed E-state index contributed by atoms with van der Waals surface area (Å²) in [4.78, 5) is 86.4. The van der Waals surface area contributed by atoms with Crippen molar-refractivity contribution in [3.63, 3.8) is 0 Å². The molecule has 0 spiro atoms. The number of aromatic nitrogens is 2. The first kappa shape index (κ1) is 38.3. The Kier molecular flexibility index (Phi) is 10.7. The lowest BCUT2D eigenvalue weighted by atomic mass is 10.0. The molecule has 1 aromatic carbocycles. The number of carboxylic acids is 3. The van der Waals surface area contributed by atoms with Crippen LogP contribution in [0.25, 0.3) is 10.9 Å². The number of hydrogen-bond acceptors (Lipinski definition) is 13. The number of pyridine rings is 1. The van der Waals surface area contributed by atoms with Gasteiger partial charge in [0, 0.05) is 53.7 Å². The first-order chi connectivity index (χ1) is 25.6. The van der Waals surface area contributed by atoms with Crippen LogP contribution >= 0.6 is 23.1 Å². The Morgan fingerprint density at radius 3 is 2.48 bits per heavy atom. The SMILES string of the molecule is CCn1cc(C[N+]2(CC3=C(C(=O)O)N4C(=O)[C@@H](NC(=O)/C(=N\O[C@@H](CC(=O)O)C(=O)O)c5csc(N)n5)[C@H]4SC3)CCCC2)c(=O)c2cc(C)c(O)cc21. The summed E-state index contributed by atoms with van der Waals surface area (Å²) in [5.41, 5.74) is 6.98. The molecule has 20 heteroatoms. The lowest BCUT2D eigenvalue weighted by molar-refractivity contribution is -0.925. The molecule has 18 nitrogen and oxygen atoms in total. The zero-order chi connectivity index (χ0) is 39.1. The smallest absolute Gasteiger partial charge is 0.352 e. The average Bonchev–Trinajstić information content (AvgIpc) is 3.77. The fraction of sp³-hybridized carbons (Fsp3) is 0.412. The van der Waals surface area contributed by atoms with E-state index >= 15 is 0 Å². The van der Waals surface area contributed by atoms with E-state index in [1.54, 1.807) is 25.3 Å². The Balaban J connectivity index is 1.25. The average molecular weight is 785 g/mol. The molecule has 2 fully saturated rings. The van der Waals surface area contributed by atoms with E-state index in [0.717, 1.165) is 29.1 Å². The zero-order valence-electron chi connectivity index (χ0n) is 29.2. The first-order valence-corrected chi connectivity index (χ1v) is 18.9. The van der Waals surface area contributed by atoms with Crippen molar-refractivity contribution in [2.24, 2.45) is 5.16 Å². The lowest BCUT2D eigenvalue weighted by Crippen LogP contribution is -2.71. The van der Waals surface area contributed by atoms with Gasteiger partial charge in [0.2, 0.25) is 6.10 Å². The Bertz CT molecular complexity index is 2190. The van der Waals surface area contributed by atoms with E-state index in [-0.39, 0.29) is 40.0 Å². The standard InChI is InChI=1S/C34H37N7O11S2/c1-3-39-11-17(28(45)19-8-16(2)22(42)9-21(19)39)12-41(6-4-5-7-41)13-18-14-53-31-26(30(47)40(31)27(18)33(50)51)37-29(46)25(20-15-54-34(35)36-20)38-52-23(32(48)49)10-24(43)44/h8-9,11,15,23,26,31H,3-7,10,12-14H2,1-2H3,(H6-,35,36,37,42,43,44,45,46,48,49,50,51)/p+1/b38-25-/t23-,26+,31+/m0/s1. The highest BCUT2D eigenvalue weighted by molar-refractivity contribution is 8.00. The minimum atomic E-state index is -1.94. The van der Waals surface area contributed by atoms with Gasteiger partial charge >= 0.3 is 17.9 Å². The van der Waals surface area contributed by atoms with Gasteiger partial charge in [-0.3, -0.25) is 24.1 Å². The number of fused-ring (bicyclic) bond motifs is 2. The summed E-state index contributed by atoms with van der Waals surface area (Å²) < 4.78 is 2.33. The summed E-state index contributed by atoms with van der Waals surface area (Å²) in [6, 6.07) is 2.08. The minimum Gasteiger partial charge on any atom is -0.508 e. The van der Waals surface area contributed by atoms with Gasteiger partial charge < -0.3 is 45.4 Å². The van der Waals surface area contributed by atoms with Gasteiger partial charge in [-0.1, -0.05) is 5.16 Å². The van der Waals surface area contributed by atoms with Crippen LogP contribution in [0.5, 0.6) is 5.75 Å². The lowest BCUT2D eigenvalue weighted by Gasteiger charge is -2.50. The number of hydrogen-bond donors (Lipinski definition) is 6. The number of anilines is 1. The topological polar surface area (TPSA) is 264 Å². The molecule has 5 heterocycles. The van der Waals surface area contributed by atoms with Crippen molar-refractivity contribution in [1.82, 2.24) is 19.8 Å². The molecule has 3 aromatic rings. The largest absolute Gasteiger partial charge is 0.508 e. The van der Waals surface area contributed by atoms with E-state index in [9.17, 15) is 44.1 Å². The number of nitrogens with two attached hydrogens (primary N) is 1.